The van der Waals surface area contributed by atoms with Crippen molar-refractivity contribution >= 4 is 11.4 Å². The maximum atomic E-state index is 4.29. The first kappa shape index (κ1) is 13.0. The van der Waals surface area contributed by atoms with Crippen LogP contribution in [0.3, 0.4) is 0 Å². The molecule has 1 aliphatic rings. The minimum absolute atomic E-state index is 0.503. The molecule has 0 saturated carbocycles. The Balaban J connectivity index is 1.69. The van der Waals surface area contributed by atoms with Crippen LogP contribution in [0.25, 0.3) is 0 Å². The van der Waals surface area contributed by atoms with E-state index in [1.165, 1.54) is 17.5 Å². The second-order valence-corrected chi connectivity index (χ2v) is 5.35. The van der Waals surface area contributed by atoms with Gasteiger partial charge in [-0.1, -0.05) is 24.3 Å². The molecular weight excluding hydrogens is 246 g/mol. The Morgan fingerprint density at radius 2 is 1.95 bits per heavy atom. The van der Waals surface area contributed by atoms with E-state index >= 15 is 0 Å². The summed E-state index contributed by atoms with van der Waals surface area (Å²) in [6, 6.07) is 11.4. The molecule has 3 nitrogen and oxygen atoms in total. The molecule has 0 radical (unpaired) electrons. The first-order valence-electron chi connectivity index (χ1n) is 7.37. The molecule has 0 aliphatic heterocycles. The number of aromatic nitrogens is 1. The molecule has 1 aromatic carbocycles. The third-order valence-electron chi connectivity index (χ3n) is 3.84. The van der Waals surface area contributed by atoms with Crippen LogP contribution in [0.15, 0.2) is 42.7 Å². The van der Waals surface area contributed by atoms with Gasteiger partial charge in [-0.25, -0.2) is 0 Å². The van der Waals surface area contributed by atoms with Gasteiger partial charge in [-0.15, -0.1) is 0 Å². The molecule has 2 aromatic rings. The van der Waals surface area contributed by atoms with Gasteiger partial charge in [0.2, 0.25) is 0 Å². The molecule has 0 amide bonds. The van der Waals surface area contributed by atoms with E-state index in [-0.39, 0.29) is 0 Å². The maximum Gasteiger partial charge on any atom is 0.0549 e. The molecular formula is C17H21N3. The van der Waals surface area contributed by atoms with Crippen LogP contribution >= 0.6 is 0 Å². The Morgan fingerprint density at radius 1 is 1.15 bits per heavy atom. The van der Waals surface area contributed by atoms with Crippen molar-refractivity contribution in [2.45, 2.75) is 32.2 Å². The first-order chi connectivity index (χ1) is 9.85. The van der Waals surface area contributed by atoms with E-state index in [0.717, 1.165) is 30.8 Å². The lowest BCUT2D eigenvalue weighted by Crippen LogP contribution is -2.27. The molecule has 0 spiro atoms. The number of nitrogens with zero attached hydrogens (tertiary/aromatic N) is 1. The van der Waals surface area contributed by atoms with Crippen LogP contribution in [0.1, 0.15) is 24.5 Å². The fraction of sp³-hybridized carbons (Fsp3) is 0.353. The quantitative estimate of drug-likeness (QED) is 0.890. The van der Waals surface area contributed by atoms with Crippen LogP contribution in [0.2, 0.25) is 0 Å². The largest absolute Gasteiger partial charge is 0.384 e. The van der Waals surface area contributed by atoms with Gasteiger partial charge in [0, 0.05) is 12.6 Å². The fourth-order valence-electron chi connectivity index (χ4n) is 2.88. The second-order valence-electron chi connectivity index (χ2n) is 5.35. The smallest absolute Gasteiger partial charge is 0.0549 e. The number of nitrogens with one attached hydrogen (secondary N) is 2. The molecule has 1 aromatic heterocycles. The minimum Gasteiger partial charge on any atom is -0.384 e. The molecule has 20 heavy (non-hydrogen) atoms. The van der Waals surface area contributed by atoms with Crippen molar-refractivity contribution in [2.75, 3.05) is 17.2 Å². The molecule has 0 fully saturated rings. The van der Waals surface area contributed by atoms with Gasteiger partial charge in [0.1, 0.15) is 0 Å². The van der Waals surface area contributed by atoms with E-state index in [1.807, 2.05) is 12.4 Å². The van der Waals surface area contributed by atoms with E-state index in [0.29, 0.717) is 6.04 Å². The van der Waals surface area contributed by atoms with Gasteiger partial charge < -0.3 is 10.6 Å². The van der Waals surface area contributed by atoms with Crippen LogP contribution in [-0.4, -0.2) is 17.6 Å². The van der Waals surface area contributed by atoms with Crippen molar-refractivity contribution in [3.8, 4) is 0 Å². The number of pyridine rings is 1. The van der Waals surface area contributed by atoms with Crippen LogP contribution in [0.4, 0.5) is 11.4 Å². The van der Waals surface area contributed by atoms with E-state index in [2.05, 4.69) is 52.9 Å². The molecule has 1 heterocycles. The summed E-state index contributed by atoms with van der Waals surface area (Å²) < 4.78 is 0. The summed E-state index contributed by atoms with van der Waals surface area (Å²) in [6.45, 7) is 3.01. The Labute approximate surface area is 120 Å². The normalized spacial score (nSPS) is 17.4. The van der Waals surface area contributed by atoms with Gasteiger partial charge in [-0.05, 0) is 43.4 Å². The summed E-state index contributed by atoms with van der Waals surface area (Å²) in [5, 5.41) is 6.92. The highest BCUT2D eigenvalue weighted by Crippen LogP contribution is 2.24. The number of hydrogen-bond acceptors (Lipinski definition) is 3. The Morgan fingerprint density at radius 3 is 2.80 bits per heavy atom. The van der Waals surface area contributed by atoms with Gasteiger partial charge in [-0.2, -0.15) is 0 Å². The first-order valence-corrected chi connectivity index (χ1v) is 7.37. The van der Waals surface area contributed by atoms with Crippen LogP contribution in [0, 0.1) is 0 Å². The predicted octanol–water partition coefficient (Wildman–Crippen LogP) is 3.48. The zero-order chi connectivity index (χ0) is 13.8. The predicted molar refractivity (Wildman–Crippen MR) is 84.3 cm³/mol. The zero-order valence-electron chi connectivity index (χ0n) is 11.9. The number of rotatable bonds is 4. The van der Waals surface area contributed by atoms with Gasteiger partial charge >= 0.3 is 0 Å². The summed E-state index contributed by atoms with van der Waals surface area (Å²) in [6.07, 6.45) is 7.21. The lowest BCUT2D eigenvalue weighted by Gasteiger charge is -2.26. The van der Waals surface area contributed by atoms with Crippen LogP contribution in [0.5, 0.6) is 0 Å². The average Bonchev–Trinajstić information content (AvgIpc) is 2.48. The Bertz CT molecular complexity index is 580. The topological polar surface area (TPSA) is 37.0 Å². The average molecular weight is 267 g/mol. The molecule has 1 atom stereocenters. The molecule has 0 bridgehead atoms. The number of anilines is 2. The summed E-state index contributed by atoms with van der Waals surface area (Å²) >= 11 is 0. The summed E-state index contributed by atoms with van der Waals surface area (Å²) in [5.74, 6) is 0. The third-order valence-corrected chi connectivity index (χ3v) is 3.84. The highest BCUT2D eigenvalue weighted by Gasteiger charge is 2.17. The van der Waals surface area contributed by atoms with Gasteiger partial charge in [0.15, 0.2) is 0 Å². The number of hydrogen-bond donors (Lipinski definition) is 2. The summed E-state index contributed by atoms with van der Waals surface area (Å²) in [4.78, 5) is 4.29. The summed E-state index contributed by atoms with van der Waals surface area (Å²) in [7, 11) is 0. The highest BCUT2D eigenvalue weighted by atomic mass is 14.9. The molecule has 2 N–H and O–H groups in total. The van der Waals surface area contributed by atoms with E-state index < -0.39 is 0 Å². The molecule has 1 aliphatic carbocycles. The monoisotopic (exact) mass is 267 g/mol. The zero-order valence-corrected chi connectivity index (χ0v) is 11.9. The SMILES string of the molecule is CCNc1cncc(NC2CCc3ccccc3C2)c1. The molecule has 1 unspecified atom stereocenters. The number of aryl methyl sites for hydroxylation is 1. The Hall–Kier alpha value is -2.03. The van der Waals surface area contributed by atoms with Crippen molar-refractivity contribution < 1.29 is 0 Å². The van der Waals surface area contributed by atoms with Crippen molar-refractivity contribution in [3.05, 3.63) is 53.9 Å². The fourth-order valence-corrected chi connectivity index (χ4v) is 2.88. The third kappa shape index (κ3) is 2.93. The van der Waals surface area contributed by atoms with Crippen LogP contribution in [-0.2, 0) is 12.8 Å². The summed E-state index contributed by atoms with van der Waals surface area (Å²) in [5.41, 5.74) is 5.17. The minimum atomic E-state index is 0.503. The van der Waals surface area contributed by atoms with E-state index in [9.17, 15) is 0 Å². The van der Waals surface area contributed by atoms with Crippen molar-refractivity contribution in [1.29, 1.82) is 0 Å². The lowest BCUT2D eigenvalue weighted by atomic mass is 9.88. The molecule has 3 heteroatoms. The standard InChI is InChI=1S/C17H21N3/c1-2-19-16-10-17(12-18-11-16)20-15-8-7-13-5-3-4-6-14(13)9-15/h3-6,10-12,15,19-20H,2,7-9H2,1H3. The number of fused-ring (bicyclic) bond motifs is 1. The highest BCUT2D eigenvalue weighted by molar-refractivity contribution is 5.54. The van der Waals surface area contributed by atoms with E-state index in [4.69, 9.17) is 0 Å². The second kappa shape index (κ2) is 5.95. The molecule has 0 saturated heterocycles. The number of benzene rings is 1. The molecule has 104 valence electrons. The van der Waals surface area contributed by atoms with E-state index in [1.54, 1.807) is 0 Å². The van der Waals surface area contributed by atoms with Gasteiger partial charge in [0.05, 0.1) is 23.8 Å². The van der Waals surface area contributed by atoms with Crippen molar-refractivity contribution in [1.82, 2.24) is 4.98 Å². The van der Waals surface area contributed by atoms with Crippen molar-refractivity contribution in [3.63, 3.8) is 0 Å². The molecule has 3 rings (SSSR count). The van der Waals surface area contributed by atoms with Crippen molar-refractivity contribution in [2.24, 2.45) is 0 Å². The van der Waals surface area contributed by atoms with Gasteiger partial charge in [-0.3, -0.25) is 4.98 Å². The Kier molecular flexibility index (Phi) is 3.86. The van der Waals surface area contributed by atoms with Gasteiger partial charge in [0.25, 0.3) is 0 Å². The lowest BCUT2D eigenvalue weighted by molar-refractivity contribution is 0.611. The maximum absolute atomic E-state index is 4.29. The van der Waals surface area contributed by atoms with Crippen LogP contribution < -0.4 is 10.6 Å².